The van der Waals surface area contributed by atoms with Gasteiger partial charge in [0.05, 0.1) is 0 Å². The first-order valence-electron chi connectivity index (χ1n) is 2.91. The maximum absolute atomic E-state index is 10.3. The maximum atomic E-state index is 10.3. The van der Waals surface area contributed by atoms with E-state index in [-0.39, 0.29) is 39.1 Å². The van der Waals surface area contributed by atoms with E-state index >= 15 is 0 Å². The molecule has 0 spiro atoms. The Labute approximate surface area is 85.9 Å². The number of aromatic carboxylic acids is 1. The Morgan fingerprint density at radius 3 is 3.00 bits per heavy atom. The number of hydrogen-bond donors (Lipinski definition) is 1. The summed E-state index contributed by atoms with van der Waals surface area (Å²) in [5.41, 5.74) is 0.859. The molecule has 0 aliphatic heterocycles. The topological polar surface area (TPSA) is 68.8 Å². The van der Waals surface area contributed by atoms with Gasteiger partial charge in [-0.15, -0.1) is 0 Å². The molecule has 2 rings (SSSR count). The fourth-order valence-electron chi connectivity index (χ4n) is 0.856. The van der Waals surface area contributed by atoms with Crippen LogP contribution in [-0.2, 0) is 0 Å². The Morgan fingerprint density at radius 2 is 2.42 bits per heavy atom. The first-order valence-corrected chi connectivity index (χ1v) is 4.75. The zero-order chi connectivity index (χ0) is 7.84. The van der Waals surface area contributed by atoms with E-state index in [9.17, 15) is 9.90 Å². The Hall–Kier alpha value is -0.463. The smallest absolute Gasteiger partial charge is 1.00 e. The summed E-state index contributed by atoms with van der Waals surface area (Å²) in [6.07, 6.45) is 0. The third-order valence-corrected chi connectivity index (χ3v) is 2.93. The molecule has 0 bridgehead atoms. The van der Waals surface area contributed by atoms with Crippen molar-refractivity contribution in [1.82, 2.24) is 9.97 Å². The van der Waals surface area contributed by atoms with Gasteiger partial charge < -0.3 is 0 Å². The molecule has 0 fully saturated rings. The van der Waals surface area contributed by atoms with Crippen LogP contribution in [-0.4, -0.2) is 30.4 Å². The summed E-state index contributed by atoms with van der Waals surface area (Å²) in [6.45, 7) is 0. The minimum Gasteiger partial charge on any atom is 1.00 e. The molecule has 0 aliphatic rings. The predicted octanol–water partition coefficient (Wildman–Crippen LogP) is -4.01. The van der Waals surface area contributed by atoms with E-state index in [1.165, 1.54) is 6.07 Å². The minimum absolute atomic E-state index is 0. The quantitative estimate of drug-likeness (QED) is 0.499. The standard InChI is InChI=1S/C6H4N2O2Se.Li/c9-6(10)4-1-3-5(8-4)11-2-7-3;/h1-2,8H,(H,9,10);/q;+1/p-1. The van der Waals surface area contributed by atoms with Crippen molar-refractivity contribution in [3.63, 3.8) is 0 Å². The SMILES string of the molecule is O=C([O-])c1cc2nc[se]c2[nH]1.[Li+]. The average molecular weight is 221 g/mol. The van der Waals surface area contributed by atoms with Gasteiger partial charge in [0.1, 0.15) is 0 Å². The van der Waals surface area contributed by atoms with E-state index in [1.807, 2.05) is 0 Å². The van der Waals surface area contributed by atoms with E-state index in [0.717, 1.165) is 9.91 Å². The summed E-state index contributed by atoms with van der Waals surface area (Å²) in [5, 5.41) is 12.1. The molecule has 6 heteroatoms. The van der Waals surface area contributed by atoms with Crippen LogP contribution in [0.4, 0.5) is 0 Å². The molecule has 0 unspecified atom stereocenters. The zero-order valence-corrected chi connectivity index (χ0v) is 8.04. The van der Waals surface area contributed by atoms with Gasteiger partial charge in [-0.05, 0) is 0 Å². The molecule has 0 atom stereocenters. The van der Waals surface area contributed by atoms with Gasteiger partial charge in [-0.3, -0.25) is 0 Å². The number of nitrogens with one attached hydrogen (secondary N) is 1. The molecule has 0 aromatic carbocycles. The minimum atomic E-state index is -1.18. The second-order valence-electron chi connectivity index (χ2n) is 2.04. The van der Waals surface area contributed by atoms with Crippen LogP contribution in [0.2, 0.25) is 0 Å². The molecule has 0 radical (unpaired) electrons. The van der Waals surface area contributed by atoms with Crippen LogP contribution in [0.5, 0.6) is 0 Å². The van der Waals surface area contributed by atoms with E-state index in [1.54, 1.807) is 5.07 Å². The normalized spacial score (nSPS) is 9.67. The molecule has 12 heavy (non-hydrogen) atoms. The summed E-state index contributed by atoms with van der Waals surface area (Å²) in [4.78, 5) is 17.0. The van der Waals surface area contributed by atoms with Gasteiger partial charge in [-0.1, -0.05) is 0 Å². The van der Waals surface area contributed by atoms with Gasteiger partial charge in [-0.2, -0.15) is 0 Å². The van der Waals surface area contributed by atoms with Gasteiger partial charge in [0.15, 0.2) is 0 Å². The Bertz CT molecular complexity index is 380. The van der Waals surface area contributed by atoms with Crippen LogP contribution in [0.25, 0.3) is 9.91 Å². The van der Waals surface area contributed by atoms with Crippen molar-refractivity contribution >= 4 is 30.4 Å². The van der Waals surface area contributed by atoms with Crippen LogP contribution in [0.1, 0.15) is 10.5 Å². The van der Waals surface area contributed by atoms with Crippen molar-refractivity contribution in [1.29, 1.82) is 0 Å². The number of hydrogen-bond acceptors (Lipinski definition) is 3. The van der Waals surface area contributed by atoms with Crippen LogP contribution >= 0.6 is 0 Å². The second kappa shape index (κ2) is 3.50. The van der Waals surface area contributed by atoms with Gasteiger partial charge in [0, 0.05) is 0 Å². The van der Waals surface area contributed by atoms with Gasteiger partial charge in [0.25, 0.3) is 0 Å². The molecule has 0 amide bonds. The number of carboxylic acids is 1. The van der Waals surface area contributed by atoms with Crippen molar-refractivity contribution in [2.24, 2.45) is 0 Å². The van der Waals surface area contributed by atoms with Crippen molar-refractivity contribution < 1.29 is 28.8 Å². The van der Waals surface area contributed by atoms with Crippen LogP contribution < -0.4 is 24.0 Å². The number of H-pyrrole nitrogens is 1. The number of aromatic amines is 1. The zero-order valence-electron chi connectivity index (χ0n) is 6.33. The number of carbonyl (C=O) groups is 1. The van der Waals surface area contributed by atoms with E-state index in [0.29, 0.717) is 0 Å². The van der Waals surface area contributed by atoms with Crippen LogP contribution in [0, 0.1) is 0 Å². The van der Waals surface area contributed by atoms with Crippen molar-refractivity contribution in [2.45, 2.75) is 0 Å². The van der Waals surface area contributed by atoms with E-state index < -0.39 is 5.97 Å². The molecule has 0 saturated carbocycles. The van der Waals surface area contributed by atoms with Crippen LogP contribution in [0.3, 0.4) is 0 Å². The first kappa shape index (κ1) is 9.62. The number of carbonyl (C=O) groups excluding carboxylic acids is 1. The van der Waals surface area contributed by atoms with Crippen LogP contribution in [0.15, 0.2) is 11.1 Å². The molecule has 56 valence electrons. The molecule has 0 saturated heterocycles. The summed E-state index contributed by atoms with van der Waals surface area (Å²) in [7, 11) is 0. The summed E-state index contributed by atoms with van der Waals surface area (Å²) in [5.74, 6) is -1.18. The molecule has 2 aromatic heterocycles. The van der Waals surface area contributed by atoms with Crippen molar-refractivity contribution in [3.05, 3.63) is 16.8 Å². The maximum Gasteiger partial charge on any atom is 1.00 e. The monoisotopic (exact) mass is 222 g/mol. The Kier molecular flexibility index (Phi) is 2.81. The Morgan fingerprint density at radius 1 is 1.67 bits per heavy atom. The molecule has 0 aliphatic carbocycles. The molecule has 2 heterocycles. The molecular formula is C6H3LiN2O2Se. The van der Waals surface area contributed by atoms with Crippen molar-refractivity contribution in [3.8, 4) is 0 Å². The van der Waals surface area contributed by atoms with Gasteiger partial charge >= 0.3 is 85.9 Å². The number of aromatic nitrogens is 2. The summed E-state index contributed by atoms with van der Waals surface area (Å²) >= 11 is 0.170. The second-order valence-corrected chi connectivity index (χ2v) is 3.83. The summed E-state index contributed by atoms with van der Waals surface area (Å²) < 4.78 is 0.914. The average Bonchev–Trinajstić information content (AvgIpc) is 2.40. The van der Waals surface area contributed by atoms with Gasteiger partial charge in [-0.25, -0.2) is 0 Å². The number of nitrogens with zero attached hydrogens (tertiary/aromatic N) is 1. The fraction of sp³-hybridized carbons (Fsp3) is 0. The molecule has 2 aromatic rings. The number of fused-ring (bicyclic) bond motifs is 1. The molecule has 4 nitrogen and oxygen atoms in total. The third kappa shape index (κ3) is 1.50. The number of carboxylic acid groups (broad SMARTS) is 1. The molecule has 1 N–H and O–H groups in total. The Balaban J connectivity index is 0.000000720. The fourth-order valence-corrected chi connectivity index (χ4v) is 2.27. The summed E-state index contributed by atoms with van der Waals surface area (Å²) in [6, 6.07) is 1.50. The van der Waals surface area contributed by atoms with Crippen molar-refractivity contribution in [2.75, 3.05) is 0 Å². The van der Waals surface area contributed by atoms with E-state index in [2.05, 4.69) is 9.97 Å². The van der Waals surface area contributed by atoms with E-state index in [4.69, 9.17) is 0 Å². The third-order valence-electron chi connectivity index (χ3n) is 1.34. The predicted molar refractivity (Wildman–Crippen MR) is 37.4 cm³/mol. The largest absolute Gasteiger partial charge is 1.00 e. The first-order chi connectivity index (χ1) is 5.27. The number of rotatable bonds is 1. The molecular weight excluding hydrogens is 218 g/mol. The van der Waals surface area contributed by atoms with Gasteiger partial charge in [0.2, 0.25) is 0 Å².